The van der Waals surface area contributed by atoms with Crippen LogP contribution in [0.4, 0.5) is 0 Å². The molecule has 0 rings (SSSR count). The highest BCUT2D eigenvalue weighted by Gasteiger charge is 2.28. The van der Waals surface area contributed by atoms with E-state index in [0.29, 0.717) is 28.5 Å². The predicted molar refractivity (Wildman–Crippen MR) is 122 cm³/mol. The molecule has 0 aromatic heterocycles. The first-order chi connectivity index (χ1) is 14.7. The first-order valence-electron chi connectivity index (χ1n) is 11.6. The molecule has 8 nitrogen and oxygen atoms in total. The van der Waals surface area contributed by atoms with E-state index in [4.69, 9.17) is 9.47 Å². The molecule has 2 atom stereocenters. The highest BCUT2D eigenvalue weighted by atomic mass is 16.6. The number of ether oxygens (including phenoxy) is 2. The first-order valence-corrected chi connectivity index (χ1v) is 11.6. The van der Waals surface area contributed by atoms with Crippen LogP contribution in [0.15, 0.2) is 12.2 Å². The fourth-order valence-corrected chi connectivity index (χ4v) is 3.31. The van der Waals surface area contributed by atoms with E-state index < -0.39 is 24.1 Å². The Kier molecular flexibility index (Phi) is 14.1. The summed E-state index contributed by atoms with van der Waals surface area (Å²) in [5.74, 6) is -2.20. The molecule has 0 bridgehead atoms. The number of allylic oxidation sites excluding steroid dienone is 2. The largest absolute Gasteiger partial charge is 0.550 e. The van der Waals surface area contributed by atoms with Gasteiger partial charge in [0.05, 0.1) is 48.7 Å². The summed E-state index contributed by atoms with van der Waals surface area (Å²) in [5, 5.41) is 11.0. The lowest BCUT2D eigenvalue weighted by molar-refractivity contribution is -0.873. The summed E-state index contributed by atoms with van der Waals surface area (Å²) in [4.78, 5) is 35.9. The van der Waals surface area contributed by atoms with Crippen molar-refractivity contribution in [3.63, 3.8) is 0 Å². The fraction of sp³-hybridized carbons (Fsp3) is 0.792. The average molecular weight is 458 g/mol. The summed E-state index contributed by atoms with van der Waals surface area (Å²) in [5.41, 5.74) is 0. The number of quaternary nitrogens is 2. The molecule has 0 aliphatic heterocycles. The Bertz CT molecular complexity index is 605. The molecule has 0 aromatic rings. The second-order valence-corrected chi connectivity index (χ2v) is 10.5. The Hall–Kier alpha value is -1.93. The second-order valence-electron chi connectivity index (χ2n) is 10.5. The van der Waals surface area contributed by atoms with E-state index in [-0.39, 0.29) is 25.2 Å². The molecule has 0 spiro atoms. The van der Waals surface area contributed by atoms with Gasteiger partial charge in [0.1, 0.15) is 13.1 Å². The van der Waals surface area contributed by atoms with Gasteiger partial charge in [0.25, 0.3) is 0 Å². The van der Waals surface area contributed by atoms with Gasteiger partial charge in [0.2, 0.25) is 0 Å². The maximum absolute atomic E-state index is 12.5. The van der Waals surface area contributed by atoms with Crippen LogP contribution in [0, 0.1) is 0 Å². The highest BCUT2D eigenvalue weighted by molar-refractivity contribution is 5.73. The molecule has 32 heavy (non-hydrogen) atoms. The van der Waals surface area contributed by atoms with Crippen molar-refractivity contribution in [3.05, 3.63) is 12.2 Å². The summed E-state index contributed by atoms with van der Waals surface area (Å²) < 4.78 is 12.0. The van der Waals surface area contributed by atoms with E-state index in [2.05, 4.69) is 13.0 Å². The zero-order chi connectivity index (χ0) is 24.8. The van der Waals surface area contributed by atoms with Gasteiger partial charge in [0.15, 0.2) is 12.2 Å². The van der Waals surface area contributed by atoms with Crippen LogP contribution in [0.1, 0.15) is 58.3 Å². The molecule has 8 heteroatoms. The molecule has 0 saturated heterocycles. The zero-order valence-electron chi connectivity index (χ0n) is 21.2. The van der Waals surface area contributed by atoms with Crippen LogP contribution < -0.4 is 5.11 Å². The SMILES string of the molecule is CCCCC/C=C/CCC(=O)OC(CC(=O)OC(CC(=O)[O-])C[N+](C)(C)C)C[N+](C)(C)C. The smallest absolute Gasteiger partial charge is 0.310 e. The number of hydrogen-bond acceptors (Lipinski definition) is 6. The third kappa shape index (κ3) is 18.8. The Balaban J connectivity index is 4.84. The lowest BCUT2D eigenvalue weighted by Gasteiger charge is -2.30. The van der Waals surface area contributed by atoms with Crippen LogP contribution in [0.5, 0.6) is 0 Å². The normalized spacial score (nSPS) is 14.2. The van der Waals surface area contributed by atoms with Crippen molar-refractivity contribution in [1.29, 1.82) is 0 Å². The van der Waals surface area contributed by atoms with Crippen LogP contribution in [0.3, 0.4) is 0 Å². The van der Waals surface area contributed by atoms with Gasteiger partial charge in [-0.25, -0.2) is 0 Å². The fourth-order valence-electron chi connectivity index (χ4n) is 3.31. The van der Waals surface area contributed by atoms with Gasteiger partial charge < -0.3 is 28.3 Å². The van der Waals surface area contributed by atoms with Gasteiger partial charge in [-0.2, -0.15) is 0 Å². The van der Waals surface area contributed by atoms with Crippen LogP contribution >= 0.6 is 0 Å². The minimum Gasteiger partial charge on any atom is -0.550 e. The van der Waals surface area contributed by atoms with Crippen molar-refractivity contribution < 1.29 is 37.9 Å². The van der Waals surface area contributed by atoms with E-state index >= 15 is 0 Å². The Morgan fingerprint density at radius 3 is 1.78 bits per heavy atom. The van der Waals surface area contributed by atoms with E-state index in [1.807, 2.05) is 48.4 Å². The van der Waals surface area contributed by atoms with Gasteiger partial charge in [-0.05, 0) is 19.3 Å². The van der Waals surface area contributed by atoms with Crippen molar-refractivity contribution in [2.45, 2.75) is 70.5 Å². The number of rotatable bonds is 17. The highest BCUT2D eigenvalue weighted by Crippen LogP contribution is 2.12. The third-order valence-corrected chi connectivity index (χ3v) is 4.54. The number of aliphatic carboxylic acids is 1. The Labute approximate surface area is 194 Å². The molecule has 186 valence electrons. The second kappa shape index (κ2) is 15.0. The molecular formula is C24H45N2O6+. The number of nitrogens with zero attached hydrogens (tertiary/aromatic N) is 2. The van der Waals surface area contributed by atoms with E-state index in [1.54, 1.807) is 0 Å². The molecule has 0 amide bonds. The number of carboxylic acids is 1. The topological polar surface area (TPSA) is 92.7 Å². The summed E-state index contributed by atoms with van der Waals surface area (Å²) in [7, 11) is 11.5. The summed E-state index contributed by atoms with van der Waals surface area (Å²) in [6.07, 6.45) is 7.56. The molecule has 2 unspecified atom stereocenters. The van der Waals surface area contributed by atoms with Gasteiger partial charge in [-0.1, -0.05) is 31.9 Å². The van der Waals surface area contributed by atoms with Crippen LogP contribution in [0.25, 0.3) is 0 Å². The van der Waals surface area contributed by atoms with Gasteiger partial charge in [-0.15, -0.1) is 0 Å². The number of carbonyl (C=O) groups is 3. The van der Waals surface area contributed by atoms with Crippen molar-refractivity contribution in [1.82, 2.24) is 0 Å². The van der Waals surface area contributed by atoms with Gasteiger partial charge in [-0.3, -0.25) is 9.59 Å². The Morgan fingerprint density at radius 1 is 0.781 bits per heavy atom. The summed E-state index contributed by atoms with van der Waals surface area (Å²) >= 11 is 0. The Morgan fingerprint density at radius 2 is 1.28 bits per heavy atom. The van der Waals surface area contributed by atoms with Crippen molar-refractivity contribution >= 4 is 17.9 Å². The lowest BCUT2D eigenvalue weighted by Crippen LogP contribution is -2.46. The number of unbranched alkanes of at least 4 members (excludes halogenated alkanes) is 3. The predicted octanol–water partition coefficient (Wildman–Crippen LogP) is 1.67. The minimum absolute atomic E-state index is 0.116. The number of hydrogen-bond donors (Lipinski definition) is 0. The molecule has 0 saturated carbocycles. The molecule has 0 aliphatic carbocycles. The van der Waals surface area contributed by atoms with Crippen molar-refractivity contribution in [2.24, 2.45) is 0 Å². The molecule has 0 fully saturated rings. The first kappa shape index (κ1) is 30.1. The van der Waals surface area contributed by atoms with Gasteiger partial charge in [0, 0.05) is 18.8 Å². The minimum atomic E-state index is -1.27. The number of esters is 2. The molecular weight excluding hydrogens is 412 g/mol. The average Bonchev–Trinajstić information content (AvgIpc) is 2.57. The van der Waals surface area contributed by atoms with Crippen molar-refractivity contribution in [3.8, 4) is 0 Å². The van der Waals surface area contributed by atoms with E-state index in [0.717, 1.165) is 12.8 Å². The van der Waals surface area contributed by atoms with E-state index in [9.17, 15) is 19.5 Å². The molecule has 0 radical (unpaired) electrons. The van der Waals surface area contributed by atoms with Crippen molar-refractivity contribution in [2.75, 3.05) is 55.4 Å². The summed E-state index contributed by atoms with van der Waals surface area (Å²) in [6.45, 7) is 2.94. The van der Waals surface area contributed by atoms with Crippen LogP contribution in [-0.4, -0.2) is 94.5 Å². The lowest BCUT2D eigenvalue weighted by atomic mass is 10.2. The zero-order valence-corrected chi connectivity index (χ0v) is 21.2. The van der Waals surface area contributed by atoms with Crippen LogP contribution in [-0.2, 0) is 23.9 Å². The molecule has 0 aliphatic rings. The van der Waals surface area contributed by atoms with E-state index in [1.165, 1.54) is 12.8 Å². The number of carbonyl (C=O) groups excluding carboxylic acids is 3. The third-order valence-electron chi connectivity index (χ3n) is 4.54. The number of likely N-dealkylation sites (N-methyl/N-ethyl adjacent to an activating group) is 2. The quantitative estimate of drug-likeness (QED) is 0.143. The van der Waals surface area contributed by atoms with Gasteiger partial charge >= 0.3 is 11.9 Å². The standard InChI is InChI=1S/C24H45N2O6/c1-8-9-10-11-12-13-14-15-23(29)31-21(19-26(5,6)7)17-24(30)32-20(16-22(27)28)18-25(2,3)4/h12-13,20-21H,8-11,14-19H2,1-7H3/q+1/b13-12+. The molecule has 0 aromatic carbocycles. The number of carboxylic acid groups (broad SMARTS) is 1. The monoisotopic (exact) mass is 457 g/mol. The van der Waals surface area contributed by atoms with Crippen LogP contribution in [0.2, 0.25) is 0 Å². The molecule has 0 heterocycles. The molecule has 0 N–H and O–H groups in total. The maximum atomic E-state index is 12.5. The maximum Gasteiger partial charge on any atom is 0.310 e. The summed E-state index contributed by atoms with van der Waals surface area (Å²) in [6, 6.07) is 0.